The van der Waals surface area contributed by atoms with Crippen LogP contribution in [0.1, 0.15) is 6.92 Å². The van der Waals surface area contributed by atoms with Crippen molar-refractivity contribution in [2.75, 3.05) is 20.5 Å². The maximum Gasteiger partial charge on any atom is 0.231 e. The molecule has 1 aliphatic heterocycles. The van der Waals surface area contributed by atoms with Gasteiger partial charge < -0.3 is 23.4 Å². The molecule has 0 bridgehead atoms. The van der Waals surface area contributed by atoms with Gasteiger partial charge in [-0.1, -0.05) is 0 Å². The minimum Gasteiger partial charge on any atom is -0.496 e. The van der Waals surface area contributed by atoms with Gasteiger partial charge in [0.2, 0.25) is 12.2 Å². The molecule has 23 heavy (non-hydrogen) atoms. The summed E-state index contributed by atoms with van der Waals surface area (Å²) in [5.74, 6) is 2.10. The number of hydrogen-bond acceptors (Lipinski definition) is 6. The minimum absolute atomic E-state index is 0.136. The molecule has 6 heteroatoms. The van der Waals surface area contributed by atoms with Crippen LogP contribution in [0.4, 0.5) is 0 Å². The molecule has 118 valence electrons. The minimum atomic E-state index is -0.175. The van der Waals surface area contributed by atoms with Crippen LogP contribution in [0.3, 0.4) is 0 Å². The fourth-order valence-electron chi connectivity index (χ4n) is 2.70. The van der Waals surface area contributed by atoms with E-state index in [0.717, 1.165) is 0 Å². The Kier molecular flexibility index (Phi) is 3.04. The lowest BCUT2D eigenvalue weighted by Gasteiger charge is -2.10. The number of benzene rings is 2. The molecule has 0 fully saturated rings. The second kappa shape index (κ2) is 5.08. The summed E-state index contributed by atoms with van der Waals surface area (Å²) in [5.41, 5.74) is 0.664. The Balaban J connectivity index is 2.11. The van der Waals surface area contributed by atoms with E-state index < -0.39 is 0 Å². The van der Waals surface area contributed by atoms with Crippen LogP contribution in [0.15, 0.2) is 33.5 Å². The summed E-state index contributed by atoms with van der Waals surface area (Å²) in [6, 6.07) is 6.66. The van der Waals surface area contributed by atoms with Crippen LogP contribution in [0, 0.1) is 0 Å². The molecule has 4 rings (SSSR count). The lowest BCUT2D eigenvalue weighted by Crippen LogP contribution is -2.06. The van der Waals surface area contributed by atoms with Gasteiger partial charge in [-0.05, 0) is 13.0 Å². The van der Waals surface area contributed by atoms with Crippen molar-refractivity contribution in [1.82, 2.24) is 0 Å². The van der Waals surface area contributed by atoms with Crippen LogP contribution in [-0.2, 0) is 0 Å². The molecule has 0 aliphatic carbocycles. The summed E-state index contributed by atoms with van der Waals surface area (Å²) < 4.78 is 27.4. The molecule has 0 amide bonds. The molecular formula is C17H14O6. The van der Waals surface area contributed by atoms with Crippen LogP contribution in [0.25, 0.3) is 21.9 Å². The monoisotopic (exact) mass is 314 g/mol. The van der Waals surface area contributed by atoms with Crippen LogP contribution in [0.2, 0.25) is 0 Å². The summed E-state index contributed by atoms with van der Waals surface area (Å²) in [6.07, 6.45) is 0. The molecule has 1 aliphatic rings. The molecule has 0 atom stereocenters. The van der Waals surface area contributed by atoms with Crippen LogP contribution >= 0.6 is 0 Å². The van der Waals surface area contributed by atoms with E-state index in [9.17, 15) is 4.79 Å². The average Bonchev–Trinajstić information content (AvgIpc) is 3.00. The summed E-state index contributed by atoms with van der Waals surface area (Å²) in [5, 5.41) is 0.812. The first-order chi connectivity index (χ1) is 11.2. The smallest absolute Gasteiger partial charge is 0.231 e. The van der Waals surface area contributed by atoms with Crippen LogP contribution < -0.4 is 24.4 Å². The standard InChI is InChI=1S/C17H14O6/c1-3-20-14-4-9(19-2)5-15-16(14)17(18)10-6-12-13(22-8-21-12)7-11(10)23-15/h4-7H,3,8H2,1-2H3. The van der Waals surface area contributed by atoms with Gasteiger partial charge in [0.25, 0.3) is 0 Å². The third-order valence-corrected chi connectivity index (χ3v) is 3.74. The molecule has 0 spiro atoms. The van der Waals surface area contributed by atoms with Gasteiger partial charge in [0, 0.05) is 18.2 Å². The molecule has 2 heterocycles. The van der Waals surface area contributed by atoms with E-state index in [1.54, 1.807) is 31.4 Å². The van der Waals surface area contributed by atoms with E-state index in [-0.39, 0.29) is 12.2 Å². The fourth-order valence-corrected chi connectivity index (χ4v) is 2.70. The third kappa shape index (κ3) is 2.06. The van der Waals surface area contributed by atoms with E-state index in [1.165, 1.54) is 0 Å². The highest BCUT2D eigenvalue weighted by atomic mass is 16.7. The molecule has 0 radical (unpaired) electrons. The Morgan fingerprint density at radius 1 is 1.09 bits per heavy atom. The molecule has 0 saturated heterocycles. The summed E-state index contributed by atoms with van der Waals surface area (Å²) in [7, 11) is 1.55. The molecule has 0 unspecified atom stereocenters. The van der Waals surface area contributed by atoms with E-state index >= 15 is 0 Å². The summed E-state index contributed by atoms with van der Waals surface area (Å²) in [4.78, 5) is 12.9. The second-order valence-corrected chi connectivity index (χ2v) is 5.06. The van der Waals surface area contributed by atoms with Gasteiger partial charge in [0.05, 0.1) is 19.1 Å². The first-order valence-corrected chi connectivity index (χ1v) is 7.22. The van der Waals surface area contributed by atoms with Crippen LogP contribution in [-0.4, -0.2) is 20.5 Å². The van der Waals surface area contributed by atoms with E-state index in [2.05, 4.69) is 0 Å². The third-order valence-electron chi connectivity index (χ3n) is 3.74. The molecular weight excluding hydrogens is 300 g/mol. The number of fused-ring (bicyclic) bond motifs is 3. The highest BCUT2D eigenvalue weighted by Gasteiger charge is 2.20. The Morgan fingerprint density at radius 2 is 1.87 bits per heavy atom. The van der Waals surface area contributed by atoms with Crippen molar-refractivity contribution < 1.29 is 23.4 Å². The van der Waals surface area contributed by atoms with E-state index in [0.29, 0.717) is 51.5 Å². The summed E-state index contributed by atoms with van der Waals surface area (Å²) in [6.45, 7) is 2.42. The van der Waals surface area contributed by atoms with Gasteiger partial charge in [0.15, 0.2) is 11.5 Å². The zero-order valence-electron chi connectivity index (χ0n) is 12.7. The van der Waals surface area contributed by atoms with Gasteiger partial charge in [-0.2, -0.15) is 0 Å². The first kappa shape index (κ1) is 13.8. The van der Waals surface area contributed by atoms with Crippen molar-refractivity contribution in [2.45, 2.75) is 6.92 Å². The molecule has 6 nitrogen and oxygen atoms in total. The molecule has 2 aromatic carbocycles. The largest absolute Gasteiger partial charge is 0.496 e. The van der Waals surface area contributed by atoms with Gasteiger partial charge in [-0.15, -0.1) is 0 Å². The number of methoxy groups -OCH3 is 1. The molecule has 3 aromatic rings. The maximum atomic E-state index is 12.9. The molecule has 1 aromatic heterocycles. The van der Waals surface area contributed by atoms with Crippen molar-refractivity contribution in [3.63, 3.8) is 0 Å². The highest BCUT2D eigenvalue weighted by Crippen LogP contribution is 2.37. The Morgan fingerprint density at radius 3 is 2.61 bits per heavy atom. The second-order valence-electron chi connectivity index (χ2n) is 5.06. The van der Waals surface area contributed by atoms with Crippen LogP contribution in [0.5, 0.6) is 23.0 Å². The normalized spacial score (nSPS) is 12.8. The van der Waals surface area contributed by atoms with Gasteiger partial charge >= 0.3 is 0 Å². The highest BCUT2D eigenvalue weighted by molar-refractivity contribution is 5.95. The molecule has 0 saturated carbocycles. The van der Waals surface area contributed by atoms with Crippen molar-refractivity contribution in [1.29, 1.82) is 0 Å². The van der Waals surface area contributed by atoms with E-state index in [4.69, 9.17) is 23.4 Å². The van der Waals surface area contributed by atoms with Crippen molar-refractivity contribution in [2.24, 2.45) is 0 Å². The number of hydrogen-bond donors (Lipinski definition) is 0. The molecule has 0 N–H and O–H groups in total. The zero-order chi connectivity index (χ0) is 16.0. The average molecular weight is 314 g/mol. The van der Waals surface area contributed by atoms with Gasteiger partial charge in [0.1, 0.15) is 28.1 Å². The lowest BCUT2D eigenvalue weighted by atomic mass is 10.1. The zero-order valence-corrected chi connectivity index (χ0v) is 12.7. The van der Waals surface area contributed by atoms with E-state index in [1.807, 2.05) is 6.92 Å². The number of ether oxygens (including phenoxy) is 4. The lowest BCUT2D eigenvalue weighted by molar-refractivity contribution is 0.174. The maximum absolute atomic E-state index is 12.9. The number of rotatable bonds is 3. The van der Waals surface area contributed by atoms with Crippen molar-refractivity contribution >= 4 is 21.9 Å². The Labute approximate surface area is 131 Å². The topological polar surface area (TPSA) is 67.1 Å². The SMILES string of the molecule is CCOc1cc(OC)cc2oc3cc4c(cc3c(=O)c12)OCO4. The predicted molar refractivity (Wildman–Crippen MR) is 83.8 cm³/mol. The quantitative estimate of drug-likeness (QED) is 0.692. The van der Waals surface area contributed by atoms with Gasteiger partial charge in [-0.25, -0.2) is 0 Å². The fraction of sp³-hybridized carbons (Fsp3) is 0.235. The van der Waals surface area contributed by atoms with Crippen molar-refractivity contribution in [3.8, 4) is 23.0 Å². The van der Waals surface area contributed by atoms with Crippen molar-refractivity contribution in [3.05, 3.63) is 34.5 Å². The predicted octanol–water partition coefficient (Wildman–Crippen LogP) is 3.08. The van der Waals surface area contributed by atoms with Gasteiger partial charge in [-0.3, -0.25) is 4.79 Å². The summed E-state index contributed by atoms with van der Waals surface area (Å²) >= 11 is 0. The Bertz CT molecular complexity index is 972. The first-order valence-electron chi connectivity index (χ1n) is 7.22. The Hall–Kier alpha value is -2.89.